The van der Waals surface area contributed by atoms with E-state index in [1.165, 1.54) is 11.8 Å². The van der Waals surface area contributed by atoms with Gasteiger partial charge in [0.2, 0.25) is 16.9 Å². The monoisotopic (exact) mass is 383 g/mol. The van der Waals surface area contributed by atoms with E-state index in [1.807, 2.05) is 49.4 Å². The summed E-state index contributed by atoms with van der Waals surface area (Å²) in [5.41, 5.74) is 1.75. The third kappa shape index (κ3) is 3.63. The quantitative estimate of drug-likeness (QED) is 0.460. The highest BCUT2D eigenvalue weighted by Gasteiger charge is 2.18. The number of nitrogens with zero attached hydrogens (tertiary/aromatic N) is 5. The van der Waals surface area contributed by atoms with E-state index in [0.29, 0.717) is 22.0 Å². The lowest BCUT2D eigenvalue weighted by Gasteiger charge is -2.03. The minimum absolute atomic E-state index is 0.0814. The molecule has 0 unspecified atom stereocenters. The number of hydrogen-bond donors (Lipinski definition) is 0. The van der Waals surface area contributed by atoms with Crippen molar-refractivity contribution in [2.75, 3.05) is 0 Å². The first-order chi connectivity index (χ1) is 12.7. The lowest BCUT2D eigenvalue weighted by Crippen LogP contribution is -1.94. The van der Waals surface area contributed by atoms with Crippen LogP contribution < -0.4 is 0 Å². The van der Waals surface area contributed by atoms with Gasteiger partial charge >= 0.3 is 0 Å². The molecule has 8 heteroatoms. The summed E-state index contributed by atoms with van der Waals surface area (Å²) in [4.78, 5) is 4.34. The Balaban J connectivity index is 1.49. The predicted molar refractivity (Wildman–Crippen MR) is 100 cm³/mol. The van der Waals surface area contributed by atoms with Crippen molar-refractivity contribution in [2.45, 2.75) is 17.3 Å². The van der Waals surface area contributed by atoms with Crippen LogP contribution in [0.25, 0.3) is 17.1 Å². The van der Waals surface area contributed by atoms with Gasteiger partial charge in [-0.2, -0.15) is 0 Å². The van der Waals surface area contributed by atoms with Gasteiger partial charge in [-0.25, -0.2) is 9.67 Å². The molecule has 0 aliphatic rings. The minimum atomic E-state index is -0.0814. The van der Waals surface area contributed by atoms with Crippen LogP contribution in [0.1, 0.15) is 18.1 Å². The Bertz CT molecular complexity index is 1020. The number of rotatable bonds is 5. The Hall–Kier alpha value is -2.64. The van der Waals surface area contributed by atoms with Crippen LogP contribution in [0.5, 0.6) is 0 Å². The van der Waals surface area contributed by atoms with Crippen molar-refractivity contribution in [1.29, 1.82) is 0 Å². The molecule has 0 saturated heterocycles. The molecule has 4 rings (SSSR count). The van der Waals surface area contributed by atoms with Gasteiger partial charge in [-0.1, -0.05) is 47.6 Å². The molecule has 26 heavy (non-hydrogen) atoms. The smallest absolute Gasteiger partial charge is 0.247 e. The molecular formula is C18H14ClN5OS. The molecule has 0 fully saturated rings. The Labute approximate surface area is 159 Å². The summed E-state index contributed by atoms with van der Waals surface area (Å²) < 4.78 is 7.52. The fraction of sp³-hybridized carbons (Fsp3) is 0.111. The first-order valence-corrected chi connectivity index (χ1v) is 9.18. The first kappa shape index (κ1) is 16.8. The fourth-order valence-corrected chi connectivity index (χ4v) is 3.30. The highest BCUT2D eigenvalue weighted by Crippen LogP contribution is 2.33. The van der Waals surface area contributed by atoms with Gasteiger partial charge in [0.25, 0.3) is 0 Å². The largest absolute Gasteiger partial charge is 0.419 e. The maximum Gasteiger partial charge on any atom is 0.247 e. The number of para-hydroxylation sites is 1. The first-order valence-electron chi connectivity index (χ1n) is 7.92. The van der Waals surface area contributed by atoms with Gasteiger partial charge in [0.15, 0.2) is 0 Å². The normalized spacial score (nSPS) is 12.2. The molecule has 2 heterocycles. The number of thioether (sulfide) groups is 1. The molecule has 0 amide bonds. The lowest BCUT2D eigenvalue weighted by atomic mass is 10.2. The van der Waals surface area contributed by atoms with E-state index < -0.39 is 0 Å². The van der Waals surface area contributed by atoms with E-state index in [1.54, 1.807) is 23.1 Å². The Morgan fingerprint density at radius 2 is 1.92 bits per heavy atom. The second-order valence-corrected chi connectivity index (χ2v) is 7.27. The van der Waals surface area contributed by atoms with Crippen LogP contribution in [0, 0.1) is 0 Å². The molecule has 130 valence electrons. The van der Waals surface area contributed by atoms with Crippen LogP contribution in [-0.4, -0.2) is 25.0 Å². The Morgan fingerprint density at radius 1 is 1.08 bits per heavy atom. The zero-order chi connectivity index (χ0) is 17.9. The van der Waals surface area contributed by atoms with Gasteiger partial charge in [-0.05, 0) is 37.3 Å². The maximum absolute atomic E-state index is 6.01. The van der Waals surface area contributed by atoms with Gasteiger partial charge in [-0.15, -0.1) is 15.3 Å². The molecule has 0 aliphatic carbocycles. The van der Waals surface area contributed by atoms with Gasteiger partial charge in [-0.3, -0.25) is 0 Å². The zero-order valence-electron chi connectivity index (χ0n) is 13.8. The standard InChI is InChI=1S/C18H14ClN5OS/c1-12(16-21-22-17(25-16)13-6-5-7-14(19)10-13)26-18-20-11-24(23-18)15-8-3-2-4-9-15/h2-12H,1H3/t12-/m1/s1. The molecule has 2 aromatic carbocycles. The van der Waals surface area contributed by atoms with Crippen molar-refractivity contribution in [3.8, 4) is 17.1 Å². The van der Waals surface area contributed by atoms with Gasteiger partial charge in [0, 0.05) is 10.6 Å². The summed E-state index contributed by atoms with van der Waals surface area (Å²) in [6.07, 6.45) is 1.69. The minimum Gasteiger partial charge on any atom is -0.419 e. The molecule has 2 aromatic heterocycles. The van der Waals surface area contributed by atoms with Crippen molar-refractivity contribution in [2.24, 2.45) is 0 Å². The van der Waals surface area contributed by atoms with Crippen molar-refractivity contribution in [3.05, 3.63) is 71.8 Å². The summed E-state index contributed by atoms with van der Waals surface area (Å²) in [5.74, 6) is 0.957. The summed E-state index contributed by atoms with van der Waals surface area (Å²) in [6.45, 7) is 1.98. The second kappa shape index (κ2) is 7.31. The Morgan fingerprint density at radius 3 is 2.73 bits per heavy atom. The van der Waals surface area contributed by atoms with Crippen LogP contribution in [-0.2, 0) is 0 Å². The third-order valence-electron chi connectivity index (χ3n) is 3.63. The van der Waals surface area contributed by atoms with E-state index in [0.717, 1.165) is 11.3 Å². The van der Waals surface area contributed by atoms with Crippen LogP contribution in [0.15, 0.2) is 70.5 Å². The van der Waals surface area contributed by atoms with Crippen molar-refractivity contribution < 1.29 is 4.42 Å². The van der Waals surface area contributed by atoms with Crippen molar-refractivity contribution >= 4 is 23.4 Å². The van der Waals surface area contributed by atoms with E-state index in [9.17, 15) is 0 Å². The highest BCUT2D eigenvalue weighted by molar-refractivity contribution is 7.99. The SMILES string of the molecule is C[C@@H](Sc1ncn(-c2ccccc2)n1)c1nnc(-c2cccc(Cl)c2)o1. The van der Waals surface area contributed by atoms with Crippen LogP contribution >= 0.6 is 23.4 Å². The summed E-state index contributed by atoms with van der Waals surface area (Å²) in [7, 11) is 0. The van der Waals surface area contributed by atoms with Crippen LogP contribution in [0.4, 0.5) is 0 Å². The predicted octanol–water partition coefficient (Wildman–Crippen LogP) is 4.82. The average molecular weight is 384 g/mol. The number of benzene rings is 2. The summed E-state index contributed by atoms with van der Waals surface area (Å²) >= 11 is 7.47. The summed E-state index contributed by atoms with van der Waals surface area (Å²) in [5, 5.41) is 13.9. The molecule has 0 aliphatic heterocycles. The highest BCUT2D eigenvalue weighted by atomic mass is 35.5. The molecule has 0 bridgehead atoms. The van der Waals surface area contributed by atoms with Gasteiger partial charge in [0.05, 0.1) is 10.9 Å². The van der Waals surface area contributed by atoms with Crippen molar-refractivity contribution in [1.82, 2.24) is 25.0 Å². The Kier molecular flexibility index (Phi) is 4.73. The van der Waals surface area contributed by atoms with Crippen molar-refractivity contribution in [3.63, 3.8) is 0 Å². The van der Waals surface area contributed by atoms with E-state index in [4.69, 9.17) is 16.0 Å². The molecular weight excluding hydrogens is 370 g/mol. The lowest BCUT2D eigenvalue weighted by molar-refractivity contribution is 0.509. The van der Waals surface area contributed by atoms with E-state index in [2.05, 4.69) is 20.3 Å². The van der Waals surface area contributed by atoms with E-state index >= 15 is 0 Å². The molecule has 4 aromatic rings. The number of aromatic nitrogens is 5. The van der Waals surface area contributed by atoms with Gasteiger partial charge in [0.1, 0.15) is 6.33 Å². The number of hydrogen-bond acceptors (Lipinski definition) is 6. The average Bonchev–Trinajstić information content (AvgIpc) is 3.32. The molecule has 6 nitrogen and oxygen atoms in total. The molecule has 0 saturated carbocycles. The molecule has 0 spiro atoms. The van der Waals surface area contributed by atoms with Crippen LogP contribution in [0.2, 0.25) is 5.02 Å². The summed E-state index contributed by atoms with van der Waals surface area (Å²) in [6, 6.07) is 17.2. The second-order valence-electron chi connectivity index (χ2n) is 5.52. The topological polar surface area (TPSA) is 69.6 Å². The fourth-order valence-electron chi connectivity index (χ4n) is 2.35. The maximum atomic E-state index is 6.01. The van der Waals surface area contributed by atoms with Gasteiger partial charge < -0.3 is 4.42 Å². The molecule has 0 N–H and O–H groups in total. The van der Waals surface area contributed by atoms with Crippen LogP contribution in [0.3, 0.4) is 0 Å². The molecule has 0 radical (unpaired) electrons. The zero-order valence-corrected chi connectivity index (χ0v) is 15.4. The van der Waals surface area contributed by atoms with E-state index in [-0.39, 0.29) is 5.25 Å². The third-order valence-corrected chi connectivity index (χ3v) is 4.82. The number of halogens is 1. The molecule has 1 atom stereocenters.